The average molecular weight is 549 g/mol. The zero-order valence-corrected chi connectivity index (χ0v) is 24.3. The third-order valence-electron chi connectivity index (χ3n) is 6.66. The zero-order chi connectivity index (χ0) is 27.9. The molecular weight excluding hydrogens is 508 g/mol. The quantitative estimate of drug-likeness (QED) is 0.0773. The van der Waals surface area contributed by atoms with Crippen LogP contribution >= 0.6 is 11.6 Å². The molecule has 0 heterocycles. The molecule has 0 bridgehead atoms. The van der Waals surface area contributed by atoms with Crippen LogP contribution in [-0.2, 0) is 0 Å². The molecule has 5 nitrogen and oxygen atoms in total. The summed E-state index contributed by atoms with van der Waals surface area (Å²) in [7, 11) is 0. The lowest BCUT2D eigenvalue weighted by Crippen LogP contribution is -2.09. The van der Waals surface area contributed by atoms with Crippen LogP contribution in [0.4, 0.5) is 11.4 Å². The number of ether oxygens (including phenoxy) is 2. The number of aryl methyl sites for hydroxylation is 2. The van der Waals surface area contributed by atoms with Crippen molar-refractivity contribution in [2.75, 3.05) is 6.61 Å². The summed E-state index contributed by atoms with van der Waals surface area (Å²) in [4.78, 5) is 12.7. The summed E-state index contributed by atoms with van der Waals surface area (Å²) < 4.78 is 11.5. The highest BCUT2D eigenvalue weighted by Crippen LogP contribution is 2.31. The maximum absolute atomic E-state index is 12.7. The van der Waals surface area contributed by atoms with Crippen molar-refractivity contribution in [3.8, 4) is 11.5 Å². The zero-order valence-electron chi connectivity index (χ0n) is 23.5. The highest BCUT2D eigenvalue weighted by atomic mass is 35.5. The van der Waals surface area contributed by atoms with Crippen LogP contribution in [0.25, 0.3) is 0 Å². The highest BCUT2D eigenvalue weighted by Gasteiger charge is 2.11. The van der Waals surface area contributed by atoms with Gasteiger partial charge in [-0.15, -0.1) is 5.11 Å². The number of rotatable bonds is 16. The van der Waals surface area contributed by atoms with E-state index in [2.05, 4.69) is 17.2 Å². The van der Waals surface area contributed by atoms with Gasteiger partial charge in [-0.1, -0.05) is 88.4 Å². The van der Waals surface area contributed by atoms with E-state index >= 15 is 0 Å². The summed E-state index contributed by atoms with van der Waals surface area (Å²) in [6, 6.07) is 18.0. The minimum absolute atomic E-state index is 0.416. The molecule has 0 saturated heterocycles. The van der Waals surface area contributed by atoms with Crippen LogP contribution in [0, 0.1) is 13.8 Å². The summed E-state index contributed by atoms with van der Waals surface area (Å²) in [5.74, 6) is 0.830. The lowest BCUT2D eigenvalue weighted by Gasteiger charge is -2.09. The van der Waals surface area contributed by atoms with Crippen molar-refractivity contribution in [2.45, 2.75) is 85.0 Å². The number of hydrogen-bond acceptors (Lipinski definition) is 5. The maximum atomic E-state index is 12.7. The van der Waals surface area contributed by atoms with Crippen LogP contribution < -0.4 is 9.47 Å². The molecule has 0 aliphatic heterocycles. The van der Waals surface area contributed by atoms with Gasteiger partial charge in [-0.2, -0.15) is 5.11 Å². The minimum Gasteiger partial charge on any atom is -0.494 e. The number of azo groups is 1. The number of unbranched alkanes of at least 4 members (excludes halogenated alkanes) is 9. The molecule has 0 aromatic heterocycles. The van der Waals surface area contributed by atoms with Crippen LogP contribution in [-0.4, -0.2) is 12.6 Å². The first-order chi connectivity index (χ1) is 19.0. The molecular formula is C33H41ClN2O3. The van der Waals surface area contributed by atoms with Gasteiger partial charge in [0.05, 0.1) is 22.9 Å². The number of hydrogen-bond donors (Lipinski definition) is 0. The number of carbonyl (C=O) groups excluding carboxylic acids is 1. The van der Waals surface area contributed by atoms with Gasteiger partial charge in [0.2, 0.25) is 0 Å². The van der Waals surface area contributed by atoms with Gasteiger partial charge in [0, 0.05) is 0 Å². The summed E-state index contributed by atoms with van der Waals surface area (Å²) in [5, 5.41) is 9.11. The van der Waals surface area contributed by atoms with Crippen molar-refractivity contribution in [2.24, 2.45) is 10.2 Å². The second kappa shape index (κ2) is 16.7. The van der Waals surface area contributed by atoms with Crippen LogP contribution in [0.5, 0.6) is 11.5 Å². The second-order valence-corrected chi connectivity index (χ2v) is 10.4. The van der Waals surface area contributed by atoms with E-state index in [4.69, 9.17) is 21.1 Å². The molecule has 0 aliphatic carbocycles. The van der Waals surface area contributed by atoms with Gasteiger partial charge in [-0.3, -0.25) is 0 Å². The molecule has 0 N–H and O–H groups in total. The van der Waals surface area contributed by atoms with Gasteiger partial charge in [0.15, 0.2) is 0 Å². The molecule has 3 aromatic carbocycles. The fraction of sp³-hybridized carbons (Fsp3) is 0.424. The first-order valence-electron chi connectivity index (χ1n) is 14.2. The Kier molecular flexibility index (Phi) is 13.0. The van der Waals surface area contributed by atoms with Gasteiger partial charge in [-0.25, -0.2) is 4.79 Å². The molecule has 0 fully saturated rings. The normalized spacial score (nSPS) is 11.2. The number of esters is 1. The highest BCUT2D eigenvalue weighted by molar-refractivity contribution is 6.33. The number of benzene rings is 3. The van der Waals surface area contributed by atoms with Crippen molar-refractivity contribution < 1.29 is 14.3 Å². The van der Waals surface area contributed by atoms with Crippen LogP contribution in [0.2, 0.25) is 5.02 Å². The Morgan fingerprint density at radius 2 is 1.44 bits per heavy atom. The summed E-state index contributed by atoms with van der Waals surface area (Å²) >= 11 is 6.29. The summed E-state index contributed by atoms with van der Waals surface area (Å²) in [6.45, 7) is 6.74. The SMILES string of the molecule is CCCCCCCCCCCCOc1ccc(C(=O)Oc2ccc(N=Nc3cccc(C)c3Cl)cc2C)cc1. The topological polar surface area (TPSA) is 60.2 Å². The van der Waals surface area contributed by atoms with Crippen molar-refractivity contribution >= 4 is 28.9 Å². The molecule has 0 spiro atoms. The second-order valence-electron chi connectivity index (χ2n) is 10.0. The van der Waals surface area contributed by atoms with E-state index in [9.17, 15) is 4.79 Å². The van der Waals surface area contributed by atoms with Crippen molar-refractivity contribution in [3.63, 3.8) is 0 Å². The Morgan fingerprint density at radius 3 is 2.10 bits per heavy atom. The maximum Gasteiger partial charge on any atom is 0.343 e. The molecule has 0 radical (unpaired) electrons. The van der Waals surface area contributed by atoms with Gasteiger partial charge in [0.1, 0.15) is 17.2 Å². The van der Waals surface area contributed by atoms with Crippen LogP contribution in [0.15, 0.2) is 70.9 Å². The van der Waals surface area contributed by atoms with E-state index in [-0.39, 0.29) is 0 Å². The predicted octanol–water partition coefficient (Wildman–Crippen LogP) is 10.9. The molecule has 39 heavy (non-hydrogen) atoms. The number of nitrogens with zero attached hydrogens (tertiary/aromatic N) is 2. The van der Waals surface area contributed by atoms with Gasteiger partial charge < -0.3 is 9.47 Å². The number of halogens is 1. The Labute approximate surface area is 238 Å². The van der Waals surface area contributed by atoms with Crippen molar-refractivity contribution in [1.29, 1.82) is 0 Å². The number of carbonyl (C=O) groups is 1. The molecule has 3 aromatic rings. The molecule has 0 saturated carbocycles. The van der Waals surface area contributed by atoms with Crippen molar-refractivity contribution in [1.82, 2.24) is 0 Å². The fourth-order valence-corrected chi connectivity index (χ4v) is 4.42. The predicted molar refractivity (Wildman–Crippen MR) is 160 cm³/mol. The standard InChI is InChI=1S/C33H41ClN2O3/c1-4-5-6-7-8-9-10-11-12-13-23-38-29-20-17-27(18-21-29)33(37)39-31-22-19-28(24-26(31)3)35-36-30-16-14-15-25(2)32(30)34/h14-22,24H,4-13,23H2,1-3H3. The molecule has 6 heteroatoms. The Bertz CT molecular complexity index is 1210. The van der Waals surface area contributed by atoms with E-state index in [1.165, 1.54) is 57.8 Å². The van der Waals surface area contributed by atoms with Gasteiger partial charge in [-0.05, 0) is 79.9 Å². The van der Waals surface area contributed by atoms with E-state index in [1.807, 2.05) is 50.2 Å². The minimum atomic E-state index is -0.416. The summed E-state index contributed by atoms with van der Waals surface area (Å²) in [5.41, 5.74) is 3.46. The van der Waals surface area contributed by atoms with Gasteiger partial charge >= 0.3 is 5.97 Å². The lowest BCUT2D eigenvalue weighted by atomic mass is 10.1. The molecule has 0 unspecified atom stereocenters. The Hall–Kier alpha value is -3.18. The summed E-state index contributed by atoms with van der Waals surface area (Å²) in [6.07, 6.45) is 13.0. The Morgan fingerprint density at radius 1 is 0.769 bits per heavy atom. The molecule has 0 aliphatic rings. The van der Waals surface area contributed by atoms with E-state index in [1.54, 1.807) is 24.3 Å². The fourth-order valence-electron chi connectivity index (χ4n) is 4.26. The Balaban J connectivity index is 1.40. The molecule has 0 amide bonds. The van der Waals surface area contributed by atoms with E-state index < -0.39 is 5.97 Å². The first kappa shape index (κ1) is 30.4. The van der Waals surface area contributed by atoms with E-state index in [0.29, 0.717) is 34.3 Å². The molecule has 0 atom stereocenters. The largest absolute Gasteiger partial charge is 0.494 e. The smallest absolute Gasteiger partial charge is 0.343 e. The first-order valence-corrected chi connectivity index (χ1v) is 14.6. The van der Waals surface area contributed by atoms with E-state index in [0.717, 1.165) is 23.3 Å². The van der Waals surface area contributed by atoms with Crippen molar-refractivity contribution in [3.05, 3.63) is 82.4 Å². The van der Waals surface area contributed by atoms with Gasteiger partial charge in [0.25, 0.3) is 0 Å². The lowest BCUT2D eigenvalue weighted by molar-refractivity contribution is 0.0733. The van der Waals surface area contributed by atoms with Crippen LogP contribution in [0.3, 0.4) is 0 Å². The third-order valence-corrected chi connectivity index (χ3v) is 7.15. The monoisotopic (exact) mass is 548 g/mol. The molecule has 3 rings (SSSR count). The average Bonchev–Trinajstić information content (AvgIpc) is 2.94. The van der Waals surface area contributed by atoms with Crippen LogP contribution in [0.1, 0.15) is 92.6 Å². The third kappa shape index (κ3) is 10.5. The molecule has 208 valence electrons.